The van der Waals surface area contributed by atoms with Crippen molar-refractivity contribution in [1.29, 1.82) is 0 Å². The lowest BCUT2D eigenvalue weighted by Crippen LogP contribution is -2.12. The highest BCUT2D eigenvalue weighted by molar-refractivity contribution is 5.28. The molecule has 0 N–H and O–H groups in total. The minimum absolute atomic E-state index is 0.774. The van der Waals surface area contributed by atoms with Crippen LogP contribution >= 0.6 is 0 Å². The van der Waals surface area contributed by atoms with Crippen molar-refractivity contribution >= 4 is 0 Å². The van der Waals surface area contributed by atoms with E-state index in [0.717, 1.165) is 11.8 Å². The van der Waals surface area contributed by atoms with E-state index in [4.69, 9.17) is 0 Å². The molecule has 0 radical (unpaired) electrons. The maximum absolute atomic E-state index is 2.38. The first-order valence-corrected chi connectivity index (χ1v) is 9.97. The zero-order chi connectivity index (χ0) is 16.8. The quantitative estimate of drug-likeness (QED) is 0.536. The van der Waals surface area contributed by atoms with Gasteiger partial charge in [0.1, 0.15) is 0 Å². The van der Waals surface area contributed by atoms with Crippen LogP contribution in [0.5, 0.6) is 0 Å². The summed E-state index contributed by atoms with van der Waals surface area (Å²) < 4.78 is 0. The van der Waals surface area contributed by atoms with Gasteiger partial charge >= 0.3 is 0 Å². The molecule has 0 unspecified atom stereocenters. The molecule has 0 saturated heterocycles. The molecule has 0 bridgehead atoms. The molecule has 2 aromatic rings. The Balaban J connectivity index is 1.56. The second-order valence-electron chi connectivity index (χ2n) is 7.53. The smallest absolute Gasteiger partial charge is 0.0162 e. The normalized spacial score (nSPS) is 20.9. The van der Waals surface area contributed by atoms with E-state index in [1.807, 2.05) is 0 Å². The van der Waals surface area contributed by atoms with Crippen LogP contribution in [0.1, 0.15) is 86.5 Å². The van der Waals surface area contributed by atoms with E-state index < -0.39 is 0 Å². The molecule has 1 aliphatic rings. The maximum atomic E-state index is 2.38. The van der Waals surface area contributed by atoms with Gasteiger partial charge < -0.3 is 0 Å². The lowest BCUT2D eigenvalue weighted by Gasteiger charge is -2.29. The fourth-order valence-corrected chi connectivity index (χ4v) is 4.25. The zero-order valence-electron chi connectivity index (χ0n) is 15.4. The Hall–Kier alpha value is -1.56. The summed E-state index contributed by atoms with van der Waals surface area (Å²) in [4.78, 5) is 0. The lowest BCUT2D eigenvalue weighted by atomic mass is 9.76. The van der Waals surface area contributed by atoms with Crippen molar-refractivity contribution in [2.24, 2.45) is 0 Å². The van der Waals surface area contributed by atoms with E-state index in [2.05, 4.69) is 62.4 Å². The second-order valence-corrected chi connectivity index (χ2v) is 7.53. The zero-order valence-corrected chi connectivity index (χ0v) is 15.4. The van der Waals surface area contributed by atoms with Crippen LogP contribution in [-0.2, 0) is 12.8 Å². The van der Waals surface area contributed by atoms with E-state index in [1.165, 1.54) is 62.5 Å². The molecule has 0 aromatic heterocycles. The predicted molar refractivity (Wildman–Crippen MR) is 105 cm³/mol. The molecule has 0 aliphatic heterocycles. The van der Waals surface area contributed by atoms with Crippen molar-refractivity contribution in [2.75, 3.05) is 0 Å². The third-order valence-corrected chi connectivity index (χ3v) is 5.71. The van der Waals surface area contributed by atoms with Crippen molar-refractivity contribution in [3.63, 3.8) is 0 Å². The molecule has 1 saturated carbocycles. The molecule has 3 rings (SSSR count). The molecule has 0 nitrogen and oxygen atoms in total. The molecule has 0 heterocycles. The number of rotatable bonds is 6. The van der Waals surface area contributed by atoms with Crippen molar-refractivity contribution in [3.8, 4) is 0 Å². The van der Waals surface area contributed by atoms with Crippen LogP contribution in [0.3, 0.4) is 0 Å². The van der Waals surface area contributed by atoms with E-state index in [0.29, 0.717) is 0 Å². The largest absolute Gasteiger partial charge is 0.0651 e. The van der Waals surface area contributed by atoms with Gasteiger partial charge in [0.15, 0.2) is 0 Å². The van der Waals surface area contributed by atoms with Gasteiger partial charge in [0.25, 0.3) is 0 Å². The molecule has 0 amide bonds. The highest BCUT2D eigenvalue weighted by Gasteiger charge is 2.23. The van der Waals surface area contributed by atoms with Gasteiger partial charge in [-0.25, -0.2) is 0 Å². The van der Waals surface area contributed by atoms with Crippen molar-refractivity contribution in [3.05, 3.63) is 70.8 Å². The molecule has 0 heteroatoms. The Labute approximate surface area is 148 Å². The summed E-state index contributed by atoms with van der Waals surface area (Å²) in [5.41, 5.74) is 6.10. The molecule has 0 spiro atoms. The molecule has 2 aromatic carbocycles. The maximum Gasteiger partial charge on any atom is -0.0162 e. The Morgan fingerprint density at radius 1 is 0.583 bits per heavy atom. The second kappa shape index (κ2) is 8.51. The van der Waals surface area contributed by atoms with E-state index in [1.54, 1.807) is 11.1 Å². The molecular formula is C24H32. The fraction of sp³-hybridized carbons (Fsp3) is 0.500. The van der Waals surface area contributed by atoms with E-state index >= 15 is 0 Å². The predicted octanol–water partition coefficient (Wildman–Crippen LogP) is 7.03. The van der Waals surface area contributed by atoms with Crippen molar-refractivity contribution in [2.45, 2.75) is 77.0 Å². The van der Waals surface area contributed by atoms with Gasteiger partial charge in [0, 0.05) is 0 Å². The molecular weight excluding hydrogens is 288 g/mol. The average Bonchev–Trinajstić information content (AvgIpc) is 2.64. The Morgan fingerprint density at radius 3 is 1.21 bits per heavy atom. The number of benzene rings is 2. The molecule has 128 valence electrons. The van der Waals surface area contributed by atoms with Gasteiger partial charge in [-0.05, 0) is 72.6 Å². The summed E-state index contributed by atoms with van der Waals surface area (Å²) in [7, 11) is 0. The summed E-state index contributed by atoms with van der Waals surface area (Å²) in [6.07, 6.45) is 10.3. The topological polar surface area (TPSA) is 0 Å². The van der Waals surface area contributed by atoms with Gasteiger partial charge in [-0.2, -0.15) is 0 Å². The van der Waals surface area contributed by atoms with E-state index in [9.17, 15) is 0 Å². The summed E-state index contributed by atoms with van der Waals surface area (Å²) in [6, 6.07) is 18.9. The summed E-state index contributed by atoms with van der Waals surface area (Å²) >= 11 is 0. The summed E-state index contributed by atoms with van der Waals surface area (Å²) in [5.74, 6) is 1.55. The average molecular weight is 321 g/mol. The van der Waals surface area contributed by atoms with Crippen LogP contribution in [-0.4, -0.2) is 0 Å². The van der Waals surface area contributed by atoms with Gasteiger partial charge in [-0.15, -0.1) is 0 Å². The molecule has 1 aliphatic carbocycles. The fourth-order valence-electron chi connectivity index (χ4n) is 4.25. The van der Waals surface area contributed by atoms with Crippen LogP contribution in [0.25, 0.3) is 0 Å². The number of aryl methyl sites for hydroxylation is 2. The van der Waals surface area contributed by atoms with Crippen LogP contribution < -0.4 is 0 Å². The highest BCUT2D eigenvalue weighted by Crippen LogP contribution is 2.40. The molecule has 1 fully saturated rings. The minimum Gasteiger partial charge on any atom is -0.0651 e. The Kier molecular flexibility index (Phi) is 6.12. The van der Waals surface area contributed by atoms with Crippen molar-refractivity contribution < 1.29 is 0 Å². The van der Waals surface area contributed by atoms with Crippen LogP contribution in [0.2, 0.25) is 0 Å². The minimum atomic E-state index is 0.774. The standard InChI is InChI=1S/C24H32/c1-3-5-19-7-11-21(12-8-19)23-15-17-24(18-16-23)22-13-9-20(6-4-2)10-14-22/h7-14,23-24H,3-6,15-18H2,1-2H3. The van der Waals surface area contributed by atoms with Gasteiger partial charge in [0.05, 0.1) is 0 Å². The first-order chi connectivity index (χ1) is 11.8. The summed E-state index contributed by atoms with van der Waals surface area (Å²) in [6.45, 7) is 4.51. The van der Waals surface area contributed by atoms with Crippen LogP contribution in [0.4, 0.5) is 0 Å². The van der Waals surface area contributed by atoms with Gasteiger partial charge in [-0.1, -0.05) is 75.2 Å². The number of hydrogen-bond acceptors (Lipinski definition) is 0. The van der Waals surface area contributed by atoms with Gasteiger partial charge in [-0.3, -0.25) is 0 Å². The Morgan fingerprint density at radius 2 is 0.917 bits per heavy atom. The molecule has 0 atom stereocenters. The van der Waals surface area contributed by atoms with E-state index in [-0.39, 0.29) is 0 Å². The van der Waals surface area contributed by atoms with Gasteiger partial charge in [0.2, 0.25) is 0 Å². The first kappa shape index (κ1) is 17.3. The summed E-state index contributed by atoms with van der Waals surface area (Å²) in [5, 5.41) is 0. The third-order valence-electron chi connectivity index (χ3n) is 5.71. The highest BCUT2D eigenvalue weighted by atomic mass is 14.3. The Bertz CT molecular complexity index is 540. The van der Waals surface area contributed by atoms with Crippen molar-refractivity contribution in [1.82, 2.24) is 0 Å². The first-order valence-electron chi connectivity index (χ1n) is 9.97. The molecule has 24 heavy (non-hydrogen) atoms. The SMILES string of the molecule is CCCc1ccc(C2CCC(c3ccc(CCC)cc3)CC2)cc1. The number of hydrogen-bond donors (Lipinski definition) is 0. The van der Waals surface area contributed by atoms with Crippen LogP contribution in [0, 0.1) is 0 Å². The lowest BCUT2D eigenvalue weighted by molar-refractivity contribution is 0.396. The third kappa shape index (κ3) is 4.29. The monoisotopic (exact) mass is 320 g/mol. The van der Waals surface area contributed by atoms with Crippen LogP contribution in [0.15, 0.2) is 48.5 Å².